The van der Waals surface area contributed by atoms with Crippen molar-refractivity contribution in [3.63, 3.8) is 0 Å². The lowest BCUT2D eigenvalue weighted by atomic mass is 10.1. The van der Waals surface area contributed by atoms with Crippen molar-refractivity contribution in [2.24, 2.45) is 0 Å². The number of likely N-dealkylation sites (tertiary alicyclic amines) is 1. The zero-order valence-corrected chi connectivity index (χ0v) is 15.2. The van der Waals surface area contributed by atoms with Crippen molar-refractivity contribution in [2.45, 2.75) is 38.7 Å². The number of aliphatic hydroxyl groups excluding tert-OH is 1. The van der Waals surface area contributed by atoms with Crippen molar-refractivity contribution in [2.75, 3.05) is 38.1 Å². The van der Waals surface area contributed by atoms with Crippen LogP contribution in [0.5, 0.6) is 0 Å². The first-order valence-corrected chi connectivity index (χ1v) is 8.60. The third-order valence-electron chi connectivity index (χ3n) is 4.02. The number of β-amino-alcohol motifs (C(OH)–C–C–N with tert-alkyl or cyclic N) is 1. The predicted molar refractivity (Wildman–Crippen MR) is 99.1 cm³/mol. The van der Waals surface area contributed by atoms with Crippen LogP contribution in [0.4, 0.5) is 5.69 Å². The molecule has 136 valence electrons. The molecule has 1 aromatic carbocycles. The second-order valence-electron chi connectivity index (χ2n) is 6.12. The number of hydrogen-bond donors (Lipinski definition) is 2. The van der Waals surface area contributed by atoms with Crippen LogP contribution in [-0.4, -0.2) is 54.9 Å². The number of ether oxygens (including phenoxy) is 1. The quantitative estimate of drug-likeness (QED) is 0.701. The summed E-state index contributed by atoms with van der Waals surface area (Å²) in [5, 5.41) is 13.3. The molecule has 0 spiro atoms. The number of rotatable bonds is 8. The van der Waals surface area contributed by atoms with Crippen LogP contribution in [0.3, 0.4) is 0 Å². The van der Waals surface area contributed by atoms with E-state index in [9.17, 15) is 9.90 Å². The van der Waals surface area contributed by atoms with Gasteiger partial charge in [0.1, 0.15) is 12.7 Å². The summed E-state index contributed by atoms with van der Waals surface area (Å²) in [5.74, 6) is -0.385. The van der Waals surface area contributed by atoms with Gasteiger partial charge in [-0.25, -0.2) is 4.79 Å². The smallest absolute Gasteiger partial charge is 0.338 e. The predicted octanol–water partition coefficient (Wildman–Crippen LogP) is 2.93. The molecule has 1 aromatic rings. The highest BCUT2D eigenvalue weighted by molar-refractivity contribution is 5.89. The number of carbonyl (C=O) groups is 1. The van der Waals surface area contributed by atoms with Gasteiger partial charge in [0.15, 0.2) is 0 Å². The van der Waals surface area contributed by atoms with Gasteiger partial charge >= 0.3 is 5.97 Å². The molecule has 2 N–H and O–H groups in total. The Kier molecular flexibility index (Phi) is 9.76. The number of carbonyl (C=O) groups excluding carboxylic acids is 1. The van der Waals surface area contributed by atoms with Crippen molar-refractivity contribution in [1.29, 1.82) is 0 Å². The molecule has 0 radical (unpaired) electrons. The fourth-order valence-electron chi connectivity index (χ4n) is 2.74. The number of halogens is 1. The van der Waals surface area contributed by atoms with Crippen molar-refractivity contribution in [1.82, 2.24) is 4.90 Å². The van der Waals surface area contributed by atoms with Gasteiger partial charge in [0, 0.05) is 18.8 Å². The first-order chi connectivity index (χ1) is 11.2. The normalized spacial score (nSPS) is 16.1. The summed E-state index contributed by atoms with van der Waals surface area (Å²) in [5.41, 5.74) is 1.51. The number of anilines is 1. The first kappa shape index (κ1) is 20.7. The molecule has 6 heteroatoms. The molecule has 24 heavy (non-hydrogen) atoms. The van der Waals surface area contributed by atoms with E-state index in [0.29, 0.717) is 12.1 Å². The summed E-state index contributed by atoms with van der Waals surface area (Å²) >= 11 is 0. The third-order valence-corrected chi connectivity index (χ3v) is 4.02. The molecule has 0 saturated carbocycles. The van der Waals surface area contributed by atoms with E-state index in [1.165, 1.54) is 19.3 Å². The maximum atomic E-state index is 12.0. The van der Waals surface area contributed by atoms with E-state index in [2.05, 4.69) is 17.1 Å². The summed E-state index contributed by atoms with van der Waals surface area (Å²) in [6.07, 6.45) is 4.07. The molecule has 1 aliphatic rings. The molecular weight excluding hydrogens is 328 g/mol. The monoisotopic (exact) mass is 356 g/mol. The summed E-state index contributed by atoms with van der Waals surface area (Å²) in [6.45, 7) is 5.69. The minimum Gasteiger partial charge on any atom is -0.459 e. The van der Waals surface area contributed by atoms with E-state index < -0.39 is 6.10 Å². The van der Waals surface area contributed by atoms with Crippen LogP contribution >= 0.6 is 12.4 Å². The Labute approximate surface area is 150 Å². The molecule has 0 amide bonds. The molecule has 0 bridgehead atoms. The largest absolute Gasteiger partial charge is 0.459 e. The highest BCUT2D eigenvalue weighted by atomic mass is 35.5. The van der Waals surface area contributed by atoms with Gasteiger partial charge in [0.2, 0.25) is 0 Å². The number of nitrogens with one attached hydrogen (secondary N) is 1. The van der Waals surface area contributed by atoms with E-state index in [4.69, 9.17) is 4.74 Å². The fraction of sp³-hybridized carbons (Fsp3) is 0.611. The zero-order chi connectivity index (χ0) is 16.5. The molecule has 1 fully saturated rings. The number of piperidine rings is 1. The molecule has 5 nitrogen and oxygen atoms in total. The third kappa shape index (κ3) is 7.07. The van der Waals surface area contributed by atoms with Crippen molar-refractivity contribution < 1.29 is 14.6 Å². The number of esters is 1. The lowest BCUT2D eigenvalue weighted by Crippen LogP contribution is -2.38. The van der Waals surface area contributed by atoms with E-state index in [1.807, 2.05) is 12.1 Å². The van der Waals surface area contributed by atoms with Crippen LogP contribution in [0.2, 0.25) is 0 Å². The molecule has 1 aliphatic heterocycles. The first-order valence-electron chi connectivity index (χ1n) is 8.60. The number of hydrogen-bond acceptors (Lipinski definition) is 5. The summed E-state index contributed by atoms with van der Waals surface area (Å²) < 4.78 is 5.22. The minimum absolute atomic E-state index is 0. The minimum atomic E-state index is -0.623. The van der Waals surface area contributed by atoms with Gasteiger partial charge < -0.3 is 20.1 Å². The zero-order valence-electron chi connectivity index (χ0n) is 14.4. The van der Waals surface area contributed by atoms with Gasteiger partial charge in [-0.1, -0.05) is 13.3 Å². The van der Waals surface area contributed by atoms with Crippen LogP contribution in [-0.2, 0) is 4.74 Å². The fourth-order valence-corrected chi connectivity index (χ4v) is 2.74. The van der Waals surface area contributed by atoms with Crippen LogP contribution in [0, 0.1) is 0 Å². The maximum Gasteiger partial charge on any atom is 0.338 e. The highest BCUT2D eigenvalue weighted by Gasteiger charge is 2.16. The Morgan fingerprint density at radius 2 is 1.92 bits per heavy atom. The standard InChI is InChI=1S/C18H28N2O3.ClH/c1-2-10-19-16-8-6-15(7-9-16)18(22)23-14-17(21)13-20-11-4-3-5-12-20;/h6-9,17,19,21H,2-5,10-14H2,1H3;1H. The summed E-state index contributed by atoms with van der Waals surface area (Å²) in [7, 11) is 0. The van der Waals surface area contributed by atoms with Crippen molar-refractivity contribution in [3.05, 3.63) is 29.8 Å². The van der Waals surface area contributed by atoms with Crippen molar-refractivity contribution in [3.8, 4) is 0 Å². The van der Waals surface area contributed by atoms with Crippen LogP contribution in [0.1, 0.15) is 43.0 Å². The Balaban J connectivity index is 0.00000288. The molecule has 0 aromatic heterocycles. The van der Waals surface area contributed by atoms with Crippen LogP contribution < -0.4 is 5.32 Å². The Bertz CT molecular complexity index is 476. The van der Waals surface area contributed by atoms with Gasteiger partial charge in [-0.3, -0.25) is 0 Å². The Hall–Kier alpha value is -1.30. The van der Waals surface area contributed by atoms with Crippen LogP contribution in [0.15, 0.2) is 24.3 Å². The lowest BCUT2D eigenvalue weighted by Gasteiger charge is -2.28. The average Bonchev–Trinajstić information content (AvgIpc) is 2.59. The average molecular weight is 357 g/mol. The summed E-state index contributed by atoms with van der Waals surface area (Å²) in [4.78, 5) is 14.2. The van der Waals surface area contributed by atoms with Gasteiger partial charge in [-0.05, 0) is 56.6 Å². The van der Waals surface area contributed by atoms with E-state index in [-0.39, 0.29) is 25.0 Å². The molecule has 1 unspecified atom stereocenters. The summed E-state index contributed by atoms with van der Waals surface area (Å²) in [6, 6.07) is 7.24. The SMILES string of the molecule is CCCNc1ccc(C(=O)OCC(O)CN2CCCCC2)cc1.Cl. The molecule has 1 saturated heterocycles. The number of benzene rings is 1. The van der Waals surface area contributed by atoms with Gasteiger partial charge in [0.05, 0.1) is 5.56 Å². The second kappa shape index (κ2) is 11.3. The van der Waals surface area contributed by atoms with Gasteiger partial charge in [-0.15, -0.1) is 12.4 Å². The molecule has 1 heterocycles. The molecule has 0 aliphatic carbocycles. The Morgan fingerprint density at radius 3 is 2.54 bits per heavy atom. The molecule has 2 rings (SSSR count). The number of aliphatic hydroxyl groups is 1. The van der Waals surface area contributed by atoms with E-state index in [1.54, 1.807) is 12.1 Å². The lowest BCUT2D eigenvalue weighted by molar-refractivity contribution is 0.0138. The van der Waals surface area contributed by atoms with Gasteiger partial charge in [0.25, 0.3) is 0 Å². The van der Waals surface area contributed by atoms with Gasteiger partial charge in [-0.2, -0.15) is 0 Å². The topological polar surface area (TPSA) is 61.8 Å². The van der Waals surface area contributed by atoms with E-state index in [0.717, 1.165) is 31.7 Å². The number of nitrogens with zero attached hydrogens (tertiary/aromatic N) is 1. The van der Waals surface area contributed by atoms with E-state index >= 15 is 0 Å². The molecular formula is C18H29ClN2O3. The Morgan fingerprint density at radius 1 is 1.25 bits per heavy atom. The highest BCUT2D eigenvalue weighted by Crippen LogP contribution is 2.12. The van der Waals surface area contributed by atoms with Crippen molar-refractivity contribution >= 4 is 24.1 Å². The molecule has 1 atom stereocenters. The van der Waals surface area contributed by atoms with Crippen LogP contribution in [0.25, 0.3) is 0 Å². The second-order valence-corrected chi connectivity index (χ2v) is 6.12. The maximum absolute atomic E-state index is 12.0.